The van der Waals surface area contributed by atoms with E-state index in [1.54, 1.807) is 12.1 Å². The van der Waals surface area contributed by atoms with Gasteiger partial charge in [0.25, 0.3) is 5.69 Å². The first-order valence-corrected chi connectivity index (χ1v) is 7.14. The van der Waals surface area contributed by atoms with Gasteiger partial charge in [-0.2, -0.15) is 0 Å². The highest BCUT2D eigenvalue weighted by Gasteiger charge is 2.26. The monoisotopic (exact) mass is 293 g/mol. The molecule has 2 rings (SSSR count). The molecule has 1 heterocycles. The minimum absolute atomic E-state index is 0.104. The molecule has 1 unspecified atom stereocenters. The second kappa shape index (κ2) is 6.84. The van der Waals surface area contributed by atoms with Crippen molar-refractivity contribution in [2.45, 2.75) is 25.4 Å². The van der Waals surface area contributed by atoms with Crippen molar-refractivity contribution < 1.29 is 4.92 Å². The smallest absolute Gasteiger partial charge is 0.269 e. The fraction of sp³-hybridized carbons (Fsp3) is 0.571. The number of likely N-dealkylation sites (N-methyl/N-ethyl adjacent to an activating group) is 1. The van der Waals surface area contributed by atoms with E-state index in [0.29, 0.717) is 12.6 Å². The van der Waals surface area contributed by atoms with Crippen LogP contribution >= 0.6 is 0 Å². The number of nitro groups is 1. The number of likely N-dealkylation sites (tertiary alicyclic amines) is 1. The maximum absolute atomic E-state index is 10.9. The quantitative estimate of drug-likeness (QED) is 0.468. The fourth-order valence-corrected chi connectivity index (χ4v) is 2.92. The van der Waals surface area contributed by atoms with Crippen LogP contribution in [0.3, 0.4) is 0 Å². The number of benzene rings is 1. The van der Waals surface area contributed by atoms with Crippen LogP contribution in [-0.4, -0.2) is 47.9 Å². The molecule has 0 aliphatic carbocycles. The van der Waals surface area contributed by atoms with E-state index in [1.165, 1.54) is 18.9 Å². The number of hydrazine groups is 1. The summed E-state index contributed by atoms with van der Waals surface area (Å²) in [5, 5.41) is 10.9. The van der Waals surface area contributed by atoms with Crippen LogP contribution in [0.5, 0.6) is 0 Å². The van der Waals surface area contributed by atoms with Crippen LogP contribution < -0.4 is 11.3 Å². The third kappa shape index (κ3) is 3.90. The number of nitro benzene ring substituents is 1. The van der Waals surface area contributed by atoms with Gasteiger partial charge in [0.2, 0.25) is 0 Å². The predicted octanol–water partition coefficient (Wildman–Crippen LogP) is 1.41. The molecule has 0 radical (unpaired) electrons. The van der Waals surface area contributed by atoms with Crippen LogP contribution in [0.25, 0.3) is 0 Å². The molecule has 1 aromatic rings. The van der Waals surface area contributed by atoms with Gasteiger partial charge >= 0.3 is 0 Å². The van der Waals surface area contributed by atoms with Gasteiger partial charge < -0.3 is 10.3 Å². The molecule has 0 aromatic heterocycles. The maximum atomic E-state index is 10.9. The highest BCUT2D eigenvalue weighted by atomic mass is 16.6. The van der Waals surface area contributed by atoms with Crippen LogP contribution in [0.1, 0.15) is 18.4 Å². The van der Waals surface area contributed by atoms with E-state index < -0.39 is 0 Å². The molecule has 7 nitrogen and oxygen atoms in total. The number of nitrogens with zero attached hydrogens (tertiary/aromatic N) is 3. The number of nitrogens with one attached hydrogen (secondary N) is 1. The molecule has 1 aliphatic rings. The molecule has 0 bridgehead atoms. The van der Waals surface area contributed by atoms with Crippen molar-refractivity contribution in [2.75, 3.05) is 32.6 Å². The van der Waals surface area contributed by atoms with E-state index >= 15 is 0 Å². The summed E-state index contributed by atoms with van der Waals surface area (Å²) in [7, 11) is 4.13. The lowest BCUT2D eigenvalue weighted by atomic mass is 10.1. The Morgan fingerprint density at radius 1 is 1.52 bits per heavy atom. The average Bonchev–Trinajstić information content (AvgIpc) is 2.85. The molecule has 21 heavy (non-hydrogen) atoms. The number of hydrogen-bond donors (Lipinski definition) is 2. The summed E-state index contributed by atoms with van der Waals surface area (Å²) in [5.41, 5.74) is 4.35. The Morgan fingerprint density at radius 2 is 2.29 bits per heavy atom. The SMILES string of the molecule is CN(C)CC1CCCN1Cc1cc([N+](=O)[O-])ccc1NN. The van der Waals surface area contributed by atoms with Crippen molar-refractivity contribution in [3.63, 3.8) is 0 Å². The first kappa shape index (κ1) is 15.7. The van der Waals surface area contributed by atoms with Gasteiger partial charge in [0, 0.05) is 31.3 Å². The molecule has 116 valence electrons. The van der Waals surface area contributed by atoms with Crippen molar-refractivity contribution in [1.82, 2.24) is 9.80 Å². The van der Waals surface area contributed by atoms with Gasteiger partial charge in [0.1, 0.15) is 0 Å². The van der Waals surface area contributed by atoms with Gasteiger partial charge in [-0.1, -0.05) is 0 Å². The lowest BCUT2D eigenvalue weighted by Gasteiger charge is -2.27. The van der Waals surface area contributed by atoms with Gasteiger partial charge in [-0.25, -0.2) is 0 Å². The predicted molar refractivity (Wildman–Crippen MR) is 82.9 cm³/mol. The number of non-ortho nitro benzene ring substituents is 1. The van der Waals surface area contributed by atoms with Crippen LogP contribution in [-0.2, 0) is 6.54 Å². The number of nitrogens with two attached hydrogens (primary N) is 1. The van der Waals surface area contributed by atoms with Crippen LogP contribution in [0.15, 0.2) is 18.2 Å². The Kier molecular flexibility index (Phi) is 5.11. The van der Waals surface area contributed by atoms with Gasteiger partial charge in [0.05, 0.1) is 10.6 Å². The summed E-state index contributed by atoms with van der Waals surface area (Å²) in [4.78, 5) is 15.1. The largest absolute Gasteiger partial charge is 0.324 e. The fourth-order valence-electron chi connectivity index (χ4n) is 2.92. The van der Waals surface area contributed by atoms with E-state index in [1.807, 2.05) is 0 Å². The molecule has 0 amide bonds. The molecule has 7 heteroatoms. The second-order valence-electron chi connectivity index (χ2n) is 5.77. The third-order valence-corrected chi connectivity index (χ3v) is 3.90. The maximum Gasteiger partial charge on any atom is 0.269 e. The first-order valence-electron chi connectivity index (χ1n) is 7.14. The van der Waals surface area contributed by atoms with Crippen molar-refractivity contribution in [3.8, 4) is 0 Å². The molecule has 1 saturated heterocycles. The second-order valence-corrected chi connectivity index (χ2v) is 5.77. The molecule has 1 aromatic carbocycles. The zero-order valence-electron chi connectivity index (χ0n) is 12.6. The Labute approximate surface area is 124 Å². The summed E-state index contributed by atoms with van der Waals surface area (Å²) in [6.45, 7) is 2.70. The molecule has 3 N–H and O–H groups in total. The van der Waals surface area contributed by atoms with Gasteiger partial charge in [-0.05, 0) is 45.1 Å². The highest BCUT2D eigenvalue weighted by molar-refractivity contribution is 5.55. The highest BCUT2D eigenvalue weighted by Crippen LogP contribution is 2.26. The number of nitrogen functional groups attached to an aromatic ring is 1. The summed E-state index contributed by atoms with van der Waals surface area (Å²) in [6, 6.07) is 5.25. The summed E-state index contributed by atoms with van der Waals surface area (Å²) in [5.74, 6) is 5.52. The normalized spacial score (nSPS) is 19.1. The Morgan fingerprint density at radius 3 is 2.90 bits per heavy atom. The topological polar surface area (TPSA) is 87.7 Å². The summed E-state index contributed by atoms with van der Waals surface area (Å²) >= 11 is 0. The van der Waals surface area contributed by atoms with E-state index in [2.05, 4.69) is 29.3 Å². The minimum atomic E-state index is -0.370. The van der Waals surface area contributed by atoms with E-state index in [4.69, 9.17) is 5.84 Å². The van der Waals surface area contributed by atoms with E-state index in [9.17, 15) is 10.1 Å². The summed E-state index contributed by atoms with van der Waals surface area (Å²) < 4.78 is 0. The molecule has 0 saturated carbocycles. The van der Waals surface area contributed by atoms with Crippen LogP contribution in [0.2, 0.25) is 0 Å². The van der Waals surface area contributed by atoms with E-state index in [-0.39, 0.29) is 10.6 Å². The lowest BCUT2D eigenvalue weighted by Crippen LogP contribution is -2.37. The van der Waals surface area contributed by atoms with Crippen molar-refractivity contribution in [2.24, 2.45) is 5.84 Å². The van der Waals surface area contributed by atoms with Crippen molar-refractivity contribution in [3.05, 3.63) is 33.9 Å². The van der Waals surface area contributed by atoms with Crippen molar-refractivity contribution >= 4 is 11.4 Å². The Hall–Kier alpha value is -1.70. The zero-order chi connectivity index (χ0) is 15.4. The third-order valence-electron chi connectivity index (χ3n) is 3.90. The molecular formula is C14H23N5O2. The minimum Gasteiger partial charge on any atom is -0.324 e. The van der Waals surface area contributed by atoms with Crippen molar-refractivity contribution in [1.29, 1.82) is 0 Å². The number of anilines is 1. The standard InChI is InChI=1S/C14H23N5O2/c1-17(2)10-13-4-3-7-18(13)9-11-8-12(19(20)21)5-6-14(11)16-15/h5-6,8,13,16H,3-4,7,9-10,15H2,1-2H3. The zero-order valence-corrected chi connectivity index (χ0v) is 12.6. The lowest BCUT2D eigenvalue weighted by molar-refractivity contribution is -0.384. The van der Waals surface area contributed by atoms with Crippen LogP contribution in [0, 0.1) is 10.1 Å². The molecule has 1 aliphatic heterocycles. The van der Waals surface area contributed by atoms with Gasteiger partial charge in [-0.15, -0.1) is 0 Å². The average molecular weight is 293 g/mol. The van der Waals surface area contributed by atoms with Gasteiger partial charge in [-0.3, -0.25) is 20.9 Å². The number of hydrogen-bond acceptors (Lipinski definition) is 6. The Balaban J connectivity index is 2.17. The Bertz CT molecular complexity index is 506. The van der Waals surface area contributed by atoms with Gasteiger partial charge in [0.15, 0.2) is 0 Å². The van der Waals surface area contributed by atoms with Crippen LogP contribution in [0.4, 0.5) is 11.4 Å². The molecular weight excluding hydrogens is 270 g/mol. The van der Waals surface area contributed by atoms with E-state index in [0.717, 1.165) is 24.3 Å². The molecule has 0 spiro atoms. The summed E-state index contributed by atoms with van der Waals surface area (Å²) in [6.07, 6.45) is 2.33. The molecule has 1 fully saturated rings. The number of rotatable bonds is 6. The first-order chi connectivity index (χ1) is 10.0. The molecule has 1 atom stereocenters.